The lowest BCUT2D eigenvalue weighted by Crippen LogP contribution is -2.03. The van der Waals surface area contributed by atoms with E-state index in [9.17, 15) is 0 Å². The van der Waals surface area contributed by atoms with Gasteiger partial charge in [0.15, 0.2) is 0 Å². The largest absolute Gasteiger partial charge is 0.468 e. The van der Waals surface area contributed by atoms with E-state index in [2.05, 4.69) is 5.32 Å². The van der Waals surface area contributed by atoms with E-state index < -0.39 is 0 Å². The zero-order valence-electron chi connectivity index (χ0n) is 9.57. The number of furan rings is 1. The molecule has 1 aromatic heterocycles. The second kappa shape index (κ2) is 6.03. The highest BCUT2D eigenvalue weighted by atomic mass is 35.5. The zero-order chi connectivity index (χ0) is 12.1. The van der Waals surface area contributed by atoms with E-state index in [0.717, 1.165) is 28.8 Å². The molecule has 1 aromatic carbocycles. The van der Waals surface area contributed by atoms with Gasteiger partial charge in [-0.25, -0.2) is 0 Å². The van der Waals surface area contributed by atoms with Crippen molar-refractivity contribution in [2.24, 2.45) is 0 Å². The summed E-state index contributed by atoms with van der Waals surface area (Å²) < 4.78 is 5.24. The summed E-state index contributed by atoms with van der Waals surface area (Å²) in [4.78, 5) is 1.21. The van der Waals surface area contributed by atoms with Gasteiger partial charge in [0.25, 0.3) is 0 Å². The summed E-state index contributed by atoms with van der Waals surface area (Å²) in [6, 6.07) is 9.74. The molecule has 0 saturated carbocycles. The Bertz CT molecular complexity index is 467. The predicted molar refractivity (Wildman–Crippen MR) is 74.1 cm³/mol. The highest BCUT2D eigenvalue weighted by Crippen LogP contribution is 2.22. The summed E-state index contributed by atoms with van der Waals surface area (Å²) in [6.45, 7) is 2.89. The first-order valence-corrected chi connectivity index (χ1v) is 6.78. The summed E-state index contributed by atoms with van der Waals surface area (Å²) >= 11 is 7.61. The summed E-state index contributed by atoms with van der Waals surface area (Å²) in [5.74, 6) is 1.99. The van der Waals surface area contributed by atoms with E-state index in [1.165, 1.54) is 4.90 Å². The predicted octanol–water partition coefficient (Wildman–Crippen LogP) is 4.45. The number of anilines is 1. The molecular formula is C13H14ClNOS. The topological polar surface area (TPSA) is 25.2 Å². The first-order chi connectivity index (χ1) is 8.25. The van der Waals surface area contributed by atoms with Crippen molar-refractivity contribution < 1.29 is 4.42 Å². The highest BCUT2D eigenvalue weighted by Gasteiger charge is 2.00. The van der Waals surface area contributed by atoms with Gasteiger partial charge in [-0.3, -0.25) is 0 Å². The lowest BCUT2D eigenvalue weighted by Gasteiger charge is -2.05. The Morgan fingerprint density at radius 1 is 1.24 bits per heavy atom. The quantitative estimate of drug-likeness (QED) is 0.640. The second-order valence-corrected chi connectivity index (χ2v) is 5.20. The molecule has 0 unspecified atom stereocenters. The first kappa shape index (κ1) is 12.4. The molecule has 2 nitrogen and oxygen atoms in total. The molecule has 0 fully saturated rings. The third-order valence-electron chi connectivity index (χ3n) is 2.34. The van der Waals surface area contributed by atoms with Crippen LogP contribution in [-0.4, -0.2) is 12.3 Å². The highest BCUT2D eigenvalue weighted by molar-refractivity contribution is 7.99. The van der Waals surface area contributed by atoms with Crippen molar-refractivity contribution in [1.29, 1.82) is 0 Å². The molecule has 0 saturated heterocycles. The Hall–Kier alpha value is -1.06. The average Bonchev–Trinajstić information content (AvgIpc) is 2.73. The van der Waals surface area contributed by atoms with Gasteiger partial charge >= 0.3 is 0 Å². The Balaban J connectivity index is 1.73. The van der Waals surface area contributed by atoms with Crippen molar-refractivity contribution >= 4 is 29.1 Å². The van der Waals surface area contributed by atoms with Crippen LogP contribution in [0.5, 0.6) is 0 Å². The van der Waals surface area contributed by atoms with Gasteiger partial charge in [0, 0.05) is 27.9 Å². The Morgan fingerprint density at radius 2 is 2.00 bits per heavy atom. The van der Waals surface area contributed by atoms with Crippen molar-refractivity contribution in [1.82, 2.24) is 0 Å². The Morgan fingerprint density at radius 3 is 2.65 bits per heavy atom. The van der Waals surface area contributed by atoms with Crippen molar-refractivity contribution in [3.05, 3.63) is 47.4 Å². The lowest BCUT2D eigenvalue weighted by atomic mass is 10.3. The molecule has 0 bridgehead atoms. The third-order valence-corrected chi connectivity index (χ3v) is 3.74. The molecular weight excluding hydrogens is 254 g/mol. The van der Waals surface area contributed by atoms with Gasteiger partial charge in [0.2, 0.25) is 0 Å². The number of halogens is 1. The molecule has 1 heterocycles. The molecule has 2 aromatic rings. The van der Waals surface area contributed by atoms with E-state index in [1.807, 2.05) is 37.3 Å². The fourth-order valence-electron chi connectivity index (χ4n) is 1.45. The molecule has 90 valence electrons. The number of aryl methyl sites for hydroxylation is 1. The molecule has 17 heavy (non-hydrogen) atoms. The number of nitrogens with one attached hydrogen (secondary N) is 1. The Labute approximate surface area is 110 Å². The van der Waals surface area contributed by atoms with E-state index in [-0.39, 0.29) is 0 Å². The number of rotatable bonds is 5. The Kier molecular flexibility index (Phi) is 4.40. The minimum atomic E-state index is 0.763. The fraction of sp³-hybridized carbons (Fsp3) is 0.231. The molecule has 1 N–H and O–H groups in total. The van der Waals surface area contributed by atoms with Crippen LogP contribution >= 0.6 is 23.4 Å². The number of hydrogen-bond acceptors (Lipinski definition) is 3. The molecule has 0 aliphatic heterocycles. The maximum Gasteiger partial charge on any atom is 0.114 e. The van der Waals surface area contributed by atoms with Crippen LogP contribution in [0.4, 0.5) is 5.69 Å². The molecule has 0 aliphatic rings. The van der Waals surface area contributed by atoms with Gasteiger partial charge in [-0.1, -0.05) is 11.6 Å². The van der Waals surface area contributed by atoms with E-state index >= 15 is 0 Å². The van der Waals surface area contributed by atoms with Crippen LogP contribution in [0.2, 0.25) is 5.02 Å². The van der Waals surface area contributed by atoms with Gasteiger partial charge < -0.3 is 9.73 Å². The molecule has 2 rings (SSSR count). The average molecular weight is 268 g/mol. The molecule has 4 heteroatoms. The SMILES string of the molecule is Cc1occc1SCCNc1ccc(Cl)cc1. The zero-order valence-corrected chi connectivity index (χ0v) is 11.1. The van der Waals surface area contributed by atoms with Crippen LogP contribution < -0.4 is 5.32 Å². The van der Waals surface area contributed by atoms with E-state index in [1.54, 1.807) is 18.0 Å². The molecule has 0 atom stereocenters. The second-order valence-electron chi connectivity index (χ2n) is 3.62. The summed E-state index contributed by atoms with van der Waals surface area (Å²) in [5.41, 5.74) is 1.10. The van der Waals surface area contributed by atoms with Gasteiger partial charge in [0.1, 0.15) is 5.76 Å². The summed E-state index contributed by atoms with van der Waals surface area (Å²) in [7, 11) is 0. The maximum atomic E-state index is 5.82. The fourth-order valence-corrected chi connectivity index (χ4v) is 2.40. The van der Waals surface area contributed by atoms with Crippen LogP contribution in [-0.2, 0) is 0 Å². The molecule has 0 spiro atoms. The number of thioether (sulfide) groups is 1. The van der Waals surface area contributed by atoms with Crippen LogP contribution in [0.1, 0.15) is 5.76 Å². The van der Waals surface area contributed by atoms with E-state index in [4.69, 9.17) is 16.0 Å². The normalized spacial score (nSPS) is 10.5. The van der Waals surface area contributed by atoms with Crippen LogP contribution in [0.15, 0.2) is 45.9 Å². The van der Waals surface area contributed by atoms with Gasteiger partial charge in [-0.15, -0.1) is 11.8 Å². The number of hydrogen-bond donors (Lipinski definition) is 1. The first-order valence-electron chi connectivity index (χ1n) is 5.42. The monoisotopic (exact) mass is 267 g/mol. The van der Waals surface area contributed by atoms with Gasteiger partial charge in [0.05, 0.1) is 6.26 Å². The third kappa shape index (κ3) is 3.72. The maximum absolute atomic E-state index is 5.82. The minimum absolute atomic E-state index is 0.763. The molecule has 0 aliphatic carbocycles. The van der Waals surface area contributed by atoms with Gasteiger partial charge in [-0.05, 0) is 37.3 Å². The molecule has 0 amide bonds. The summed E-state index contributed by atoms with van der Waals surface area (Å²) in [6.07, 6.45) is 1.73. The number of benzene rings is 1. The molecule has 0 radical (unpaired) electrons. The van der Waals surface area contributed by atoms with Crippen molar-refractivity contribution in [3.63, 3.8) is 0 Å². The van der Waals surface area contributed by atoms with Gasteiger partial charge in [-0.2, -0.15) is 0 Å². The van der Waals surface area contributed by atoms with Crippen LogP contribution in [0.3, 0.4) is 0 Å². The lowest BCUT2D eigenvalue weighted by molar-refractivity contribution is 0.527. The van der Waals surface area contributed by atoms with Crippen molar-refractivity contribution in [2.75, 3.05) is 17.6 Å². The summed E-state index contributed by atoms with van der Waals surface area (Å²) in [5, 5.41) is 4.11. The van der Waals surface area contributed by atoms with E-state index in [0.29, 0.717) is 0 Å². The van der Waals surface area contributed by atoms with Crippen LogP contribution in [0.25, 0.3) is 0 Å². The van der Waals surface area contributed by atoms with Crippen molar-refractivity contribution in [3.8, 4) is 0 Å². The van der Waals surface area contributed by atoms with Crippen molar-refractivity contribution in [2.45, 2.75) is 11.8 Å². The smallest absolute Gasteiger partial charge is 0.114 e. The standard InChI is InChI=1S/C13H14ClNOS/c1-10-13(6-8-16-10)17-9-7-15-12-4-2-11(14)3-5-12/h2-6,8,15H,7,9H2,1H3. The van der Waals surface area contributed by atoms with Crippen LogP contribution in [0, 0.1) is 6.92 Å². The minimum Gasteiger partial charge on any atom is -0.468 e.